The number of hydrogen-bond donors (Lipinski definition) is 1. The molecule has 2 heterocycles. The third-order valence-corrected chi connectivity index (χ3v) is 6.27. The fraction of sp³-hybridized carbons (Fsp3) is 0.357. The Hall–Kier alpha value is -3.38. The summed E-state index contributed by atoms with van der Waals surface area (Å²) in [5, 5.41) is 3.05. The van der Waals surface area contributed by atoms with Crippen LogP contribution in [0, 0.1) is 0 Å². The summed E-state index contributed by atoms with van der Waals surface area (Å²) in [6, 6.07) is 22.4. The average Bonchev–Trinajstić information content (AvgIpc) is 3.60. The van der Waals surface area contributed by atoms with Gasteiger partial charge in [-0.3, -0.25) is 9.59 Å². The van der Waals surface area contributed by atoms with Crippen molar-refractivity contribution in [3.05, 3.63) is 95.9 Å². The molecule has 0 bridgehead atoms. The van der Waals surface area contributed by atoms with Crippen molar-refractivity contribution in [3.63, 3.8) is 0 Å². The second-order valence-electron chi connectivity index (χ2n) is 8.66. The van der Waals surface area contributed by atoms with Gasteiger partial charge in [0, 0.05) is 38.6 Å². The first-order valence-corrected chi connectivity index (χ1v) is 12.0. The van der Waals surface area contributed by atoms with Crippen LogP contribution in [0.15, 0.2) is 83.7 Å². The molecule has 0 radical (unpaired) electrons. The Morgan fingerprint density at radius 3 is 2.29 bits per heavy atom. The van der Waals surface area contributed by atoms with E-state index in [0.29, 0.717) is 25.2 Å². The molecule has 0 aliphatic carbocycles. The largest absolute Gasteiger partial charge is 0.472 e. The molecule has 1 aliphatic rings. The number of ether oxygens (including phenoxy) is 1. The minimum Gasteiger partial charge on any atom is -0.472 e. The van der Waals surface area contributed by atoms with Crippen LogP contribution in [-0.2, 0) is 9.53 Å². The lowest BCUT2D eigenvalue weighted by Crippen LogP contribution is -2.40. The van der Waals surface area contributed by atoms with Crippen LogP contribution in [0.4, 0.5) is 0 Å². The smallest absolute Gasteiger partial charge is 0.257 e. The number of hydrogen-bond acceptors (Lipinski definition) is 4. The van der Waals surface area contributed by atoms with E-state index in [0.717, 1.165) is 25.9 Å². The maximum Gasteiger partial charge on any atom is 0.257 e. The van der Waals surface area contributed by atoms with Crippen LogP contribution < -0.4 is 5.32 Å². The quantitative estimate of drug-likeness (QED) is 0.453. The number of carbonyl (C=O) groups is 2. The van der Waals surface area contributed by atoms with E-state index >= 15 is 0 Å². The summed E-state index contributed by atoms with van der Waals surface area (Å²) in [6.45, 7) is 2.12. The van der Waals surface area contributed by atoms with Crippen molar-refractivity contribution in [2.24, 2.45) is 0 Å². The number of carbonyl (C=O) groups excluding carboxylic acids is 2. The zero-order valence-electron chi connectivity index (χ0n) is 19.4. The van der Waals surface area contributed by atoms with Gasteiger partial charge in [-0.2, -0.15) is 0 Å². The van der Waals surface area contributed by atoms with Crippen LogP contribution in [0.1, 0.15) is 53.1 Å². The lowest BCUT2D eigenvalue weighted by Gasteiger charge is -2.25. The Morgan fingerprint density at radius 1 is 1.00 bits per heavy atom. The second kappa shape index (κ2) is 12.2. The molecule has 4 rings (SSSR count). The Balaban J connectivity index is 1.31. The van der Waals surface area contributed by atoms with Crippen LogP contribution in [0.5, 0.6) is 0 Å². The van der Waals surface area contributed by atoms with E-state index in [2.05, 4.69) is 29.6 Å². The third-order valence-electron chi connectivity index (χ3n) is 6.27. The van der Waals surface area contributed by atoms with Crippen molar-refractivity contribution in [2.75, 3.05) is 26.2 Å². The summed E-state index contributed by atoms with van der Waals surface area (Å²) < 4.78 is 10.8. The second-order valence-corrected chi connectivity index (χ2v) is 8.66. The molecule has 1 saturated heterocycles. The molecule has 34 heavy (non-hydrogen) atoms. The van der Waals surface area contributed by atoms with Gasteiger partial charge in [0.15, 0.2) is 0 Å². The van der Waals surface area contributed by atoms with Gasteiger partial charge in [-0.25, -0.2) is 0 Å². The molecular formula is C28H32N2O4. The highest BCUT2D eigenvalue weighted by Crippen LogP contribution is 2.27. The Morgan fingerprint density at radius 2 is 1.71 bits per heavy atom. The van der Waals surface area contributed by atoms with Crippen molar-refractivity contribution >= 4 is 11.8 Å². The fourth-order valence-corrected chi connectivity index (χ4v) is 4.46. The highest BCUT2D eigenvalue weighted by Gasteiger charge is 2.24. The molecule has 6 heteroatoms. The number of amides is 2. The number of furan rings is 1. The van der Waals surface area contributed by atoms with E-state index in [1.54, 1.807) is 11.0 Å². The summed E-state index contributed by atoms with van der Waals surface area (Å²) in [5.74, 6) is 0.0175. The zero-order valence-corrected chi connectivity index (χ0v) is 19.4. The molecule has 2 aromatic carbocycles. The van der Waals surface area contributed by atoms with Crippen molar-refractivity contribution < 1.29 is 18.7 Å². The summed E-state index contributed by atoms with van der Waals surface area (Å²) >= 11 is 0. The van der Waals surface area contributed by atoms with Crippen LogP contribution in [0.2, 0.25) is 0 Å². The Kier molecular flexibility index (Phi) is 8.52. The third kappa shape index (κ3) is 6.58. The minimum atomic E-state index is -0.134. The monoisotopic (exact) mass is 460 g/mol. The van der Waals surface area contributed by atoms with Gasteiger partial charge in [-0.15, -0.1) is 0 Å². The first kappa shape index (κ1) is 23.8. The fourth-order valence-electron chi connectivity index (χ4n) is 4.46. The maximum absolute atomic E-state index is 12.9. The summed E-state index contributed by atoms with van der Waals surface area (Å²) in [6.07, 6.45) is 5.94. The van der Waals surface area contributed by atoms with Crippen molar-refractivity contribution in [2.45, 2.75) is 37.7 Å². The summed E-state index contributed by atoms with van der Waals surface area (Å²) in [4.78, 5) is 27.3. The molecule has 1 unspecified atom stereocenters. The first-order valence-electron chi connectivity index (χ1n) is 12.0. The highest BCUT2D eigenvalue weighted by molar-refractivity contribution is 5.94. The van der Waals surface area contributed by atoms with Gasteiger partial charge in [0.2, 0.25) is 5.91 Å². The molecule has 178 valence electrons. The van der Waals surface area contributed by atoms with E-state index in [1.807, 2.05) is 36.4 Å². The van der Waals surface area contributed by atoms with Crippen molar-refractivity contribution in [3.8, 4) is 0 Å². The predicted octanol–water partition coefficient (Wildman–Crippen LogP) is 4.63. The molecule has 1 fully saturated rings. The lowest BCUT2D eigenvalue weighted by molar-refractivity contribution is -0.121. The van der Waals surface area contributed by atoms with Gasteiger partial charge in [-0.05, 0) is 36.5 Å². The van der Waals surface area contributed by atoms with Crippen molar-refractivity contribution in [1.29, 1.82) is 0 Å². The van der Waals surface area contributed by atoms with Gasteiger partial charge in [-0.1, -0.05) is 60.7 Å². The lowest BCUT2D eigenvalue weighted by atomic mass is 9.88. The normalized spacial score (nSPS) is 15.4. The van der Waals surface area contributed by atoms with Gasteiger partial charge in [0.1, 0.15) is 6.26 Å². The number of nitrogens with one attached hydrogen (secondary N) is 1. The molecule has 0 saturated carbocycles. The molecule has 1 aromatic heterocycles. The van der Waals surface area contributed by atoms with E-state index in [1.165, 1.54) is 23.7 Å². The molecule has 1 aliphatic heterocycles. The summed E-state index contributed by atoms with van der Waals surface area (Å²) in [5.41, 5.74) is 2.96. The van der Waals surface area contributed by atoms with Crippen molar-refractivity contribution in [1.82, 2.24) is 10.2 Å². The highest BCUT2D eigenvalue weighted by atomic mass is 16.5. The number of benzene rings is 2. The molecule has 2 amide bonds. The predicted molar refractivity (Wildman–Crippen MR) is 131 cm³/mol. The Labute approximate surface area is 200 Å². The van der Waals surface area contributed by atoms with E-state index < -0.39 is 0 Å². The molecule has 1 N–H and O–H groups in total. The number of rotatable bonds is 11. The van der Waals surface area contributed by atoms with Gasteiger partial charge >= 0.3 is 0 Å². The first-order chi connectivity index (χ1) is 16.7. The molecular weight excluding hydrogens is 428 g/mol. The molecule has 0 spiro atoms. The Bertz CT molecular complexity index is 976. The van der Waals surface area contributed by atoms with Gasteiger partial charge in [0.05, 0.1) is 17.9 Å². The van der Waals surface area contributed by atoms with Crippen LogP contribution in [0.25, 0.3) is 0 Å². The topological polar surface area (TPSA) is 71.8 Å². The minimum absolute atomic E-state index is 0.0245. The van der Waals surface area contributed by atoms with Gasteiger partial charge < -0.3 is 19.4 Å². The summed E-state index contributed by atoms with van der Waals surface area (Å²) in [7, 11) is 0. The van der Waals surface area contributed by atoms with E-state index in [-0.39, 0.29) is 30.3 Å². The maximum atomic E-state index is 12.9. The van der Waals surface area contributed by atoms with E-state index in [9.17, 15) is 9.59 Å². The van der Waals surface area contributed by atoms with Gasteiger partial charge in [0.25, 0.3) is 5.91 Å². The standard InChI is InChI=1S/C28H32N2O4/c31-27(14-17-30(20-25-12-7-18-34-25)28(32)24-15-19-33-21-24)29-16-13-26(22-8-3-1-4-9-22)23-10-5-2-6-11-23/h1-6,8-11,15,19,21,25-26H,7,12-14,16-18,20H2,(H,29,31). The molecule has 6 nitrogen and oxygen atoms in total. The van der Waals surface area contributed by atoms with Crippen LogP contribution in [-0.4, -0.2) is 49.1 Å². The number of nitrogens with zero attached hydrogens (tertiary/aromatic N) is 1. The van der Waals surface area contributed by atoms with E-state index in [4.69, 9.17) is 9.15 Å². The van der Waals surface area contributed by atoms with Crippen LogP contribution >= 0.6 is 0 Å². The van der Waals surface area contributed by atoms with Crippen LogP contribution in [0.3, 0.4) is 0 Å². The molecule has 3 aromatic rings. The molecule has 1 atom stereocenters. The SMILES string of the molecule is O=C(CCN(CC1CCCO1)C(=O)c1ccoc1)NCCC(c1ccccc1)c1ccccc1. The average molecular weight is 461 g/mol. The zero-order chi connectivity index (χ0) is 23.6.